The van der Waals surface area contributed by atoms with Gasteiger partial charge in [-0.1, -0.05) is 17.8 Å². The molecular formula is C17H20N2O3S2. The van der Waals surface area contributed by atoms with Crippen LogP contribution in [-0.4, -0.2) is 42.3 Å². The number of carbonyl (C=O) groups is 1. The molecule has 3 aliphatic rings. The molecule has 0 spiro atoms. The number of amidine groups is 1. The van der Waals surface area contributed by atoms with Gasteiger partial charge >= 0.3 is 0 Å². The molecule has 2 atom stereocenters. The fourth-order valence-electron chi connectivity index (χ4n) is 3.47. The number of aliphatic imine (C=N–C) groups is 1. The second kappa shape index (κ2) is 5.59. The Labute approximate surface area is 146 Å². The van der Waals surface area contributed by atoms with Crippen molar-refractivity contribution in [2.24, 2.45) is 10.9 Å². The second-order valence-corrected chi connectivity index (χ2v) is 10.4. The smallest absolute Gasteiger partial charge is 0.251 e. The zero-order valence-electron chi connectivity index (χ0n) is 13.7. The third-order valence-corrected chi connectivity index (χ3v) is 7.89. The van der Waals surface area contributed by atoms with Gasteiger partial charge in [-0.15, -0.1) is 0 Å². The van der Waals surface area contributed by atoms with Gasteiger partial charge in [0.1, 0.15) is 0 Å². The van der Waals surface area contributed by atoms with Gasteiger partial charge in [0.25, 0.3) is 5.91 Å². The van der Waals surface area contributed by atoms with Gasteiger partial charge in [-0.05, 0) is 49.9 Å². The zero-order valence-corrected chi connectivity index (χ0v) is 15.4. The first-order valence-electron chi connectivity index (χ1n) is 8.19. The Balaban J connectivity index is 1.75. The van der Waals surface area contributed by atoms with E-state index in [4.69, 9.17) is 0 Å². The highest BCUT2D eigenvalue weighted by atomic mass is 32.2. The molecule has 1 aromatic rings. The van der Waals surface area contributed by atoms with Crippen molar-refractivity contribution in [1.29, 1.82) is 0 Å². The first-order chi connectivity index (χ1) is 11.3. The molecule has 0 N–H and O–H groups in total. The van der Waals surface area contributed by atoms with Crippen LogP contribution >= 0.6 is 11.8 Å². The molecule has 2 aliphatic heterocycles. The molecule has 2 heterocycles. The van der Waals surface area contributed by atoms with Gasteiger partial charge < -0.3 is 4.90 Å². The van der Waals surface area contributed by atoms with Crippen LogP contribution in [0.3, 0.4) is 0 Å². The number of fused-ring (bicyclic) bond motifs is 1. The monoisotopic (exact) mass is 364 g/mol. The summed E-state index contributed by atoms with van der Waals surface area (Å²) in [5, 5.41) is 0.628. The molecule has 1 aliphatic carbocycles. The molecule has 2 saturated heterocycles. The molecule has 5 nitrogen and oxygen atoms in total. The van der Waals surface area contributed by atoms with Crippen molar-refractivity contribution in [3.63, 3.8) is 0 Å². The van der Waals surface area contributed by atoms with Crippen molar-refractivity contribution in [2.75, 3.05) is 16.4 Å². The number of amides is 1. The van der Waals surface area contributed by atoms with Gasteiger partial charge in [-0.25, -0.2) is 8.42 Å². The van der Waals surface area contributed by atoms with E-state index < -0.39 is 9.84 Å². The molecular weight excluding hydrogens is 344 g/mol. The van der Waals surface area contributed by atoms with E-state index in [1.54, 1.807) is 0 Å². The van der Waals surface area contributed by atoms with Crippen LogP contribution in [0.1, 0.15) is 24.0 Å². The fourth-order valence-corrected chi connectivity index (χ4v) is 7.39. The number of carbonyl (C=O) groups excluding carboxylic acids is 1. The number of rotatable bonds is 2. The van der Waals surface area contributed by atoms with E-state index in [-0.39, 0.29) is 34.6 Å². The number of anilines is 1. The van der Waals surface area contributed by atoms with Crippen LogP contribution in [0.25, 0.3) is 0 Å². The zero-order chi connectivity index (χ0) is 17.1. The van der Waals surface area contributed by atoms with Crippen LogP contribution in [0, 0.1) is 19.8 Å². The molecule has 0 aromatic heterocycles. The summed E-state index contributed by atoms with van der Waals surface area (Å²) in [4.78, 5) is 18.5. The van der Waals surface area contributed by atoms with Gasteiger partial charge in [0.05, 0.1) is 17.5 Å². The summed E-state index contributed by atoms with van der Waals surface area (Å²) < 4.78 is 24.1. The third-order valence-electron chi connectivity index (χ3n) is 4.68. The number of hydrogen-bond acceptors (Lipinski definition) is 4. The Bertz CT molecular complexity index is 823. The lowest BCUT2D eigenvalue weighted by Gasteiger charge is -2.25. The van der Waals surface area contributed by atoms with Crippen molar-refractivity contribution < 1.29 is 13.2 Å². The number of thioether (sulfide) groups is 1. The summed E-state index contributed by atoms with van der Waals surface area (Å²) in [6.07, 6.45) is 1.84. The third kappa shape index (κ3) is 2.99. The van der Waals surface area contributed by atoms with Gasteiger partial charge in [-0.2, -0.15) is 4.99 Å². The molecule has 1 aromatic carbocycles. The van der Waals surface area contributed by atoms with Crippen molar-refractivity contribution in [2.45, 2.75) is 38.0 Å². The number of nitrogens with zero attached hydrogens (tertiary/aromatic N) is 2. The van der Waals surface area contributed by atoms with Crippen molar-refractivity contribution in [3.05, 3.63) is 29.3 Å². The summed E-state index contributed by atoms with van der Waals surface area (Å²) in [6.45, 7) is 4.05. The molecule has 1 saturated carbocycles. The van der Waals surface area contributed by atoms with Gasteiger partial charge in [0.15, 0.2) is 15.0 Å². The van der Waals surface area contributed by atoms with Gasteiger partial charge in [0, 0.05) is 16.9 Å². The van der Waals surface area contributed by atoms with Crippen molar-refractivity contribution in [1.82, 2.24) is 0 Å². The number of aryl methyl sites for hydroxylation is 2. The second-order valence-electron chi connectivity index (χ2n) is 7.02. The SMILES string of the molecule is Cc1cc(C)cc(N2C(=NC(=O)C3CC3)S[C@H]3CS(=O)(=O)C[C@@H]32)c1. The van der Waals surface area contributed by atoms with E-state index in [1.807, 2.05) is 30.9 Å². The molecule has 0 unspecified atom stereocenters. The minimum atomic E-state index is -3.02. The highest BCUT2D eigenvalue weighted by Gasteiger charge is 2.49. The molecule has 7 heteroatoms. The Morgan fingerprint density at radius 2 is 1.83 bits per heavy atom. The minimum absolute atomic E-state index is 0.0402. The predicted octanol–water partition coefficient (Wildman–Crippen LogP) is 2.31. The van der Waals surface area contributed by atoms with E-state index in [1.165, 1.54) is 11.8 Å². The van der Waals surface area contributed by atoms with E-state index in [0.717, 1.165) is 29.7 Å². The van der Waals surface area contributed by atoms with Crippen LogP contribution < -0.4 is 4.90 Å². The standard InChI is InChI=1S/C17H20N2O3S2/c1-10-5-11(2)7-13(6-10)19-14-8-24(21,22)9-15(14)23-17(19)18-16(20)12-3-4-12/h5-7,12,14-15H,3-4,8-9H2,1-2H3/t14-,15-/m0/s1. The Kier molecular flexibility index (Phi) is 3.76. The van der Waals surface area contributed by atoms with E-state index in [9.17, 15) is 13.2 Å². The Hall–Kier alpha value is -1.34. The van der Waals surface area contributed by atoms with Crippen LogP contribution in [0.4, 0.5) is 5.69 Å². The lowest BCUT2D eigenvalue weighted by molar-refractivity contribution is -0.118. The van der Waals surface area contributed by atoms with Crippen LogP contribution in [0.2, 0.25) is 0 Å². The maximum Gasteiger partial charge on any atom is 0.251 e. The average Bonchev–Trinajstić information content (AvgIpc) is 3.18. The topological polar surface area (TPSA) is 66.8 Å². The number of benzene rings is 1. The maximum absolute atomic E-state index is 12.2. The van der Waals surface area contributed by atoms with Gasteiger partial charge in [-0.3, -0.25) is 4.79 Å². The Morgan fingerprint density at radius 1 is 1.17 bits per heavy atom. The summed E-state index contributed by atoms with van der Waals surface area (Å²) >= 11 is 1.45. The quantitative estimate of drug-likeness (QED) is 0.806. The fraction of sp³-hybridized carbons (Fsp3) is 0.529. The highest BCUT2D eigenvalue weighted by Crippen LogP contribution is 2.42. The average molecular weight is 364 g/mol. The first-order valence-corrected chi connectivity index (χ1v) is 10.9. The molecule has 1 amide bonds. The van der Waals surface area contributed by atoms with E-state index in [0.29, 0.717) is 5.17 Å². The molecule has 24 heavy (non-hydrogen) atoms. The molecule has 128 valence electrons. The summed E-state index contributed by atoms with van der Waals surface area (Å²) in [5.41, 5.74) is 3.17. The van der Waals surface area contributed by atoms with Crippen LogP contribution in [-0.2, 0) is 14.6 Å². The number of hydrogen-bond donors (Lipinski definition) is 0. The molecule has 3 fully saturated rings. The van der Waals surface area contributed by atoms with E-state index in [2.05, 4.69) is 11.1 Å². The molecule has 0 radical (unpaired) electrons. The summed E-state index contributed by atoms with van der Waals surface area (Å²) in [5.74, 6) is 0.312. The van der Waals surface area contributed by atoms with Crippen LogP contribution in [0.5, 0.6) is 0 Å². The largest absolute Gasteiger partial charge is 0.316 e. The lowest BCUT2D eigenvalue weighted by atomic mass is 10.1. The van der Waals surface area contributed by atoms with E-state index >= 15 is 0 Å². The lowest BCUT2D eigenvalue weighted by Crippen LogP contribution is -2.37. The van der Waals surface area contributed by atoms with Crippen LogP contribution in [0.15, 0.2) is 23.2 Å². The van der Waals surface area contributed by atoms with Crippen molar-refractivity contribution >= 4 is 38.4 Å². The first kappa shape index (κ1) is 16.1. The summed E-state index contributed by atoms with van der Waals surface area (Å²) in [7, 11) is -3.02. The molecule has 0 bridgehead atoms. The normalized spacial score (nSPS) is 29.9. The minimum Gasteiger partial charge on any atom is -0.316 e. The molecule has 4 rings (SSSR count). The highest BCUT2D eigenvalue weighted by molar-refractivity contribution is 8.16. The maximum atomic E-state index is 12.2. The summed E-state index contributed by atoms with van der Waals surface area (Å²) in [6, 6.07) is 6.03. The Morgan fingerprint density at radius 3 is 2.46 bits per heavy atom. The predicted molar refractivity (Wildman–Crippen MR) is 97.4 cm³/mol. The van der Waals surface area contributed by atoms with Crippen molar-refractivity contribution in [3.8, 4) is 0 Å². The van der Waals surface area contributed by atoms with Gasteiger partial charge in [0.2, 0.25) is 0 Å². The number of sulfone groups is 1.